The summed E-state index contributed by atoms with van der Waals surface area (Å²) in [5, 5.41) is 5.17. The van der Waals surface area contributed by atoms with Crippen molar-refractivity contribution in [2.45, 2.75) is 44.7 Å². The lowest BCUT2D eigenvalue weighted by Crippen LogP contribution is -2.47. The molecule has 1 aliphatic carbocycles. The van der Waals surface area contributed by atoms with E-state index in [9.17, 15) is 14.0 Å². The fourth-order valence-corrected chi connectivity index (χ4v) is 2.85. The molecule has 0 spiro atoms. The van der Waals surface area contributed by atoms with Gasteiger partial charge in [-0.2, -0.15) is 0 Å². The Kier molecular flexibility index (Phi) is 6.52. The van der Waals surface area contributed by atoms with Gasteiger partial charge in [-0.05, 0) is 26.0 Å². The Morgan fingerprint density at radius 2 is 1.91 bits per heavy atom. The molecule has 1 aliphatic rings. The quantitative estimate of drug-likeness (QED) is 0.875. The normalized spacial score (nSPS) is 15.4. The molecule has 1 aromatic rings. The standard InChI is InChI=1S/C17H24FN3O2/c1-21(11-13-7-5-6-10-15(13)18)12-16(22)20-17(23)19-14-8-3-2-4-9-14/h5-7,10,14H,2-4,8-9,11-12H2,1H3,(H2,19,20,22,23). The van der Waals surface area contributed by atoms with Crippen molar-refractivity contribution in [3.05, 3.63) is 35.6 Å². The molecule has 0 unspecified atom stereocenters. The van der Waals surface area contributed by atoms with Gasteiger partial charge in [0.05, 0.1) is 6.54 Å². The van der Waals surface area contributed by atoms with Gasteiger partial charge in [-0.3, -0.25) is 15.0 Å². The van der Waals surface area contributed by atoms with Gasteiger partial charge < -0.3 is 5.32 Å². The summed E-state index contributed by atoms with van der Waals surface area (Å²) in [4.78, 5) is 25.3. The van der Waals surface area contributed by atoms with Crippen molar-refractivity contribution in [3.63, 3.8) is 0 Å². The number of hydrogen-bond donors (Lipinski definition) is 2. The number of halogens is 1. The summed E-state index contributed by atoms with van der Waals surface area (Å²) in [5.41, 5.74) is 0.523. The molecule has 2 rings (SSSR count). The van der Waals surface area contributed by atoms with Crippen molar-refractivity contribution in [1.82, 2.24) is 15.5 Å². The number of nitrogens with zero attached hydrogens (tertiary/aromatic N) is 1. The Morgan fingerprint density at radius 1 is 1.22 bits per heavy atom. The largest absolute Gasteiger partial charge is 0.335 e. The van der Waals surface area contributed by atoms with Crippen LogP contribution in [0.3, 0.4) is 0 Å². The fourth-order valence-electron chi connectivity index (χ4n) is 2.85. The highest BCUT2D eigenvalue weighted by Gasteiger charge is 2.17. The van der Waals surface area contributed by atoms with E-state index in [0.29, 0.717) is 12.1 Å². The zero-order valence-corrected chi connectivity index (χ0v) is 13.5. The Balaban J connectivity index is 1.73. The Morgan fingerprint density at radius 3 is 2.61 bits per heavy atom. The van der Waals surface area contributed by atoms with E-state index in [2.05, 4.69) is 10.6 Å². The number of hydrogen-bond acceptors (Lipinski definition) is 3. The van der Waals surface area contributed by atoms with Crippen molar-refractivity contribution >= 4 is 11.9 Å². The SMILES string of the molecule is CN(CC(=O)NC(=O)NC1CCCCC1)Cc1ccccc1F. The van der Waals surface area contributed by atoms with Crippen LogP contribution in [0.4, 0.5) is 9.18 Å². The van der Waals surface area contributed by atoms with Gasteiger partial charge in [-0.1, -0.05) is 37.5 Å². The van der Waals surface area contributed by atoms with E-state index >= 15 is 0 Å². The number of benzene rings is 1. The second kappa shape index (κ2) is 8.62. The molecule has 0 heterocycles. The van der Waals surface area contributed by atoms with Gasteiger partial charge in [0.25, 0.3) is 0 Å². The molecule has 1 aromatic carbocycles. The lowest BCUT2D eigenvalue weighted by molar-refractivity contribution is -0.121. The van der Waals surface area contributed by atoms with Crippen molar-refractivity contribution in [2.24, 2.45) is 0 Å². The third-order valence-electron chi connectivity index (χ3n) is 4.00. The van der Waals surface area contributed by atoms with Gasteiger partial charge in [-0.15, -0.1) is 0 Å². The molecular weight excluding hydrogens is 297 g/mol. The molecule has 3 amide bonds. The molecule has 1 fully saturated rings. The van der Waals surface area contributed by atoms with Crippen LogP contribution in [-0.2, 0) is 11.3 Å². The highest BCUT2D eigenvalue weighted by Crippen LogP contribution is 2.17. The van der Waals surface area contributed by atoms with E-state index in [0.717, 1.165) is 25.7 Å². The van der Waals surface area contributed by atoms with Crippen LogP contribution in [-0.4, -0.2) is 36.5 Å². The van der Waals surface area contributed by atoms with Gasteiger partial charge in [0.1, 0.15) is 5.82 Å². The molecule has 0 aromatic heterocycles. The van der Waals surface area contributed by atoms with Crippen LogP contribution in [0.2, 0.25) is 0 Å². The number of carbonyl (C=O) groups is 2. The average molecular weight is 321 g/mol. The van der Waals surface area contributed by atoms with E-state index in [1.807, 2.05) is 0 Å². The molecule has 23 heavy (non-hydrogen) atoms. The molecule has 0 radical (unpaired) electrons. The van der Waals surface area contributed by atoms with E-state index in [1.54, 1.807) is 30.1 Å². The topological polar surface area (TPSA) is 61.4 Å². The van der Waals surface area contributed by atoms with Crippen molar-refractivity contribution in [3.8, 4) is 0 Å². The monoisotopic (exact) mass is 321 g/mol. The third-order valence-corrected chi connectivity index (χ3v) is 4.00. The highest BCUT2D eigenvalue weighted by atomic mass is 19.1. The van der Waals surface area contributed by atoms with Gasteiger partial charge in [0, 0.05) is 18.2 Å². The summed E-state index contributed by atoms with van der Waals surface area (Å²) in [6.45, 7) is 0.344. The maximum absolute atomic E-state index is 13.6. The van der Waals surface area contributed by atoms with Crippen molar-refractivity contribution in [2.75, 3.05) is 13.6 Å². The summed E-state index contributed by atoms with van der Waals surface area (Å²) in [5.74, 6) is -0.688. The zero-order chi connectivity index (χ0) is 16.7. The molecule has 0 aliphatic heterocycles. The molecule has 0 saturated heterocycles. The maximum Gasteiger partial charge on any atom is 0.321 e. The first-order chi connectivity index (χ1) is 11.0. The van der Waals surface area contributed by atoms with Crippen molar-refractivity contribution in [1.29, 1.82) is 0 Å². The number of nitrogens with one attached hydrogen (secondary N) is 2. The summed E-state index contributed by atoms with van der Waals surface area (Å²) in [7, 11) is 1.71. The number of carbonyl (C=O) groups excluding carboxylic acids is 2. The minimum atomic E-state index is -0.443. The Labute approximate surface area is 136 Å². The van der Waals surface area contributed by atoms with Crippen LogP contribution in [0, 0.1) is 5.82 Å². The minimum Gasteiger partial charge on any atom is -0.335 e. The van der Waals surface area contributed by atoms with E-state index in [4.69, 9.17) is 0 Å². The minimum absolute atomic E-state index is 0.0341. The van der Waals surface area contributed by atoms with Crippen LogP contribution < -0.4 is 10.6 Å². The first kappa shape index (κ1) is 17.4. The van der Waals surface area contributed by atoms with Crippen LogP contribution in [0.5, 0.6) is 0 Å². The molecule has 2 N–H and O–H groups in total. The summed E-state index contributed by atoms with van der Waals surface area (Å²) in [6, 6.07) is 6.17. The van der Waals surface area contributed by atoms with Crippen molar-refractivity contribution < 1.29 is 14.0 Å². The number of likely N-dealkylation sites (N-methyl/N-ethyl adjacent to an activating group) is 1. The first-order valence-corrected chi connectivity index (χ1v) is 8.07. The molecule has 0 atom stereocenters. The van der Waals surface area contributed by atoms with E-state index < -0.39 is 11.9 Å². The van der Waals surface area contributed by atoms with Crippen LogP contribution in [0.15, 0.2) is 24.3 Å². The molecule has 126 valence electrons. The third kappa shape index (κ3) is 5.98. The summed E-state index contributed by atoms with van der Waals surface area (Å²) >= 11 is 0. The van der Waals surface area contributed by atoms with Gasteiger partial charge in [0.15, 0.2) is 0 Å². The molecule has 1 saturated carbocycles. The van der Waals surface area contributed by atoms with Gasteiger partial charge >= 0.3 is 6.03 Å². The molecule has 5 nitrogen and oxygen atoms in total. The number of rotatable bonds is 5. The molecular formula is C17H24FN3O2. The molecule has 6 heteroatoms. The number of imide groups is 1. The predicted octanol–water partition coefficient (Wildman–Crippen LogP) is 2.42. The maximum atomic E-state index is 13.6. The van der Waals surface area contributed by atoms with Crippen LogP contribution >= 0.6 is 0 Å². The average Bonchev–Trinajstić information content (AvgIpc) is 2.50. The lowest BCUT2D eigenvalue weighted by Gasteiger charge is -2.23. The summed E-state index contributed by atoms with van der Waals surface area (Å²) < 4.78 is 13.6. The van der Waals surface area contributed by atoms with Crippen LogP contribution in [0.25, 0.3) is 0 Å². The second-order valence-electron chi connectivity index (χ2n) is 6.12. The molecule has 0 bridgehead atoms. The van der Waals surface area contributed by atoms with Gasteiger partial charge in [0.2, 0.25) is 5.91 Å². The Hall–Kier alpha value is -1.95. The number of amides is 3. The second-order valence-corrected chi connectivity index (χ2v) is 6.12. The first-order valence-electron chi connectivity index (χ1n) is 8.07. The lowest BCUT2D eigenvalue weighted by atomic mass is 9.96. The fraction of sp³-hybridized carbons (Fsp3) is 0.529. The van der Waals surface area contributed by atoms with Gasteiger partial charge in [-0.25, -0.2) is 9.18 Å². The Bertz CT molecular complexity index is 544. The van der Waals surface area contributed by atoms with E-state index in [-0.39, 0.29) is 18.4 Å². The number of urea groups is 1. The smallest absolute Gasteiger partial charge is 0.321 e. The highest BCUT2D eigenvalue weighted by molar-refractivity contribution is 5.95. The predicted molar refractivity (Wildman–Crippen MR) is 86.3 cm³/mol. The van der Waals surface area contributed by atoms with Crippen LogP contribution in [0.1, 0.15) is 37.7 Å². The summed E-state index contributed by atoms with van der Waals surface area (Å²) in [6.07, 6.45) is 5.37. The van der Waals surface area contributed by atoms with E-state index in [1.165, 1.54) is 12.5 Å². The zero-order valence-electron chi connectivity index (χ0n) is 13.5.